The third-order valence-corrected chi connectivity index (χ3v) is 2.52. The van der Waals surface area contributed by atoms with Crippen LogP contribution in [-0.2, 0) is 4.74 Å². The molecule has 1 N–H and O–H groups in total. The van der Waals surface area contributed by atoms with E-state index in [9.17, 15) is 0 Å². The molecule has 0 radical (unpaired) electrons. The average Bonchev–Trinajstić information content (AvgIpc) is 2.19. The minimum absolute atomic E-state index is 0.116. The van der Waals surface area contributed by atoms with Crippen molar-refractivity contribution >= 4 is 17.3 Å². The zero-order chi connectivity index (χ0) is 13.0. The molecule has 17 heavy (non-hydrogen) atoms. The topological polar surface area (TPSA) is 21.3 Å². The fourth-order valence-corrected chi connectivity index (χ4v) is 1.77. The van der Waals surface area contributed by atoms with Crippen molar-refractivity contribution in [3.05, 3.63) is 41.2 Å². The molecule has 0 saturated carbocycles. The molecule has 0 saturated heterocycles. The Bertz CT molecular complexity index is 399. The summed E-state index contributed by atoms with van der Waals surface area (Å²) < 4.78 is 5.48. The van der Waals surface area contributed by atoms with Crippen LogP contribution in [0.25, 0.3) is 0 Å². The molecule has 0 aromatic heterocycles. The fraction of sp³-hybridized carbons (Fsp3) is 0.429. The van der Waals surface area contributed by atoms with Crippen LogP contribution >= 0.6 is 11.6 Å². The van der Waals surface area contributed by atoms with Crippen LogP contribution in [0, 0.1) is 0 Å². The van der Waals surface area contributed by atoms with Gasteiger partial charge in [0.25, 0.3) is 0 Å². The van der Waals surface area contributed by atoms with Crippen LogP contribution in [0.2, 0.25) is 5.02 Å². The molecule has 0 atom stereocenters. The number of nitrogens with one attached hydrogen (secondary N) is 1. The first-order chi connectivity index (χ1) is 7.90. The largest absolute Gasteiger partial charge is 0.477 e. The zero-order valence-electron chi connectivity index (χ0n) is 10.9. The van der Waals surface area contributed by atoms with Gasteiger partial charge in [-0.3, -0.25) is 0 Å². The Kier molecular flexibility index (Phi) is 4.88. The molecule has 0 spiro atoms. The second-order valence-corrected chi connectivity index (χ2v) is 5.04. The van der Waals surface area contributed by atoms with Crippen molar-refractivity contribution in [2.45, 2.75) is 39.7 Å². The third-order valence-electron chi connectivity index (χ3n) is 2.29. The number of halogens is 1. The van der Waals surface area contributed by atoms with Gasteiger partial charge in [0.1, 0.15) is 0 Å². The Labute approximate surface area is 109 Å². The van der Waals surface area contributed by atoms with E-state index >= 15 is 0 Å². The van der Waals surface area contributed by atoms with Gasteiger partial charge < -0.3 is 10.1 Å². The van der Waals surface area contributed by atoms with E-state index in [2.05, 4.69) is 25.7 Å². The van der Waals surface area contributed by atoms with Gasteiger partial charge in [-0.2, -0.15) is 0 Å². The van der Waals surface area contributed by atoms with E-state index in [4.69, 9.17) is 16.3 Å². The molecule has 1 aromatic carbocycles. The lowest BCUT2D eigenvalue weighted by Crippen LogP contribution is -2.10. The van der Waals surface area contributed by atoms with E-state index in [0.29, 0.717) is 11.8 Å². The molecule has 0 aliphatic carbocycles. The number of hydrogen-bond donors (Lipinski definition) is 1. The van der Waals surface area contributed by atoms with Gasteiger partial charge in [-0.05, 0) is 50.1 Å². The van der Waals surface area contributed by atoms with Gasteiger partial charge in [-0.15, -0.1) is 0 Å². The first-order valence-electron chi connectivity index (χ1n) is 5.82. The van der Waals surface area contributed by atoms with Crippen LogP contribution < -0.4 is 5.32 Å². The van der Waals surface area contributed by atoms with Crippen molar-refractivity contribution in [3.8, 4) is 0 Å². The SMILES string of the molecule is C=C(Nc1ccc(Cl)cc1C(C)C)OC(C)C. The quantitative estimate of drug-likeness (QED) is 0.763. The summed E-state index contributed by atoms with van der Waals surface area (Å²) in [5.74, 6) is 0.951. The molecular weight excluding hydrogens is 234 g/mol. The lowest BCUT2D eigenvalue weighted by atomic mass is 10.0. The molecule has 0 heterocycles. The summed E-state index contributed by atoms with van der Waals surface area (Å²) in [4.78, 5) is 0. The smallest absolute Gasteiger partial charge is 0.183 e. The highest BCUT2D eigenvalue weighted by Gasteiger charge is 2.09. The van der Waals surface area contributed by atoms with Crippen LogP contribution in [0.15, 0.2) is 30.7 Å². The lowest BCUT2D eigenvalue weighted by Gasteiger charge is -2.18. The standard InChI is InChI=1S/C14H20ClNO/c1-9(2)13-8-12(15)6-7-14(13)16-11(5)17-10(3)4/h6-10,16H,5H2,1-4H3. The fourth-order valence-electron chi connectivity index (χ4n) is 1.59. The molecule has 0 unspecified atom stereocenters. The number of ether oxygens (including phenoxy) is 1. The van der Waals surface area contributed by atoms with E-state index < -0.39 is 0 Å². The predicted octanol–water partition coefficient (Wildman–Crippen LogP) is 4.77. The minimum Gasteiger partial charge on any atom is -0.477 e. The molecule has 0 bridgehead atoms. The highest BCUT2D eigenvalue weighted by molar-refractivity contribution is 6.30. The Morgan fingerprint density at radius 3 is 2.47 bits per heavy atom. The Morgan fingerprint density at radius 2 is 1.94 bits per heavy atom. The normalized spacial score (nSPS) is 10.8. The van der Waals surface area contributed by atoms with Crippen molar-refractivity contribution in [2.75, 3.05) is 5.32 Å². The van der Waals surface area contributed by atoms with Gasteiger partial charge in [-0.1, -0.05) is 25.4 Å². The Balaban J connectivity index is 2.87. The van der Waals surface area contributed by atoms with Crippen LogP contribution in [0.1, 0.15) is 39.2 Å². The van der Waals surface area contributed by atoms with Crippen molar-refractivity contribution in [3.63, 3.8) is 0 Å². The molecular formula is C14H20ClNO. The van der Waals surface area contributed by atoms with Crippen molar-refractivity contribution in [2.24, 2.45) is 0 Å². The number of hydrogen-bond acceptors (Lipinski definition) is 2. The van der Waals surface area contributed by atoms with Crippen molar-refractivity contribution in [1.29, 1.82) is 0 Å². The molecule has 94 valence electrons. The van der Waals surface area contributed by atoms with Gasteiger partial charge in [-0.25, -0.2) is 0 Å². The van der Waals surface area contributed by atoms with Gasteiger partial charge in [0, 0.05) is 10.7 Å². The summed E-state index contributed by atoms with van der Waals surface area (Å²) in [5, 5.41) is 3.92. The number of rotatable bonds is 5. The van der Waals surface area contributed by atoms with E-state index in [1.807, 2.05) is 32.0 Å². The maximum Gasteiger partial charge on any atom is 0.183 e. The van der Waals surface area contributed by atoms with Crippen molar-refractivity contribution < 1.29 is 4.74 Å². The summed E-state index contributed by atoms with van der Waals surface area (Å²) in [6.07, 6.45) is 0.116. The van der Waals surface area contributed by atoms with Gasteiger partial charge in [0.05, 0.1) is 6.10 Å². The molecule has 0 fully saturated rings. The molecule has 2 nitrogen and oxygen atoms in total. The second kappa shape index (κ2) is 5.97. The van der Waals surface area contributed by atoms with E-state index in [-0.39, 0.29) is 6.10 Å². The summed E-state index contributed by atoms with van der Waals surface area (Å²) in [6.45, 7) is 12.0. The van der Waals surface area contributed by atoms with E-state index in [0.717, 1.165) is 16.3 Å². The maximum atomic E-state index is 6.00. The van der Waals surface area contributed by atoms with Gasteiger partial charge in [0.2, 0.25) is 0 Å². The van der Waals surface area contributed by atoms with E-state index in [1.165, 1.54) is 0 Å². The van der Waals surface area contributed by atoms with E-state index in [1.54, 1.807) is 0 Å². The molecule has 0 amide bonds. The predicted molar refractivity (Wildman–Crippen MR) is 74.5 cm³/mol. The van der Waals surface area contributed by atoms with Gasteiger partial charge in [0.15, 0.2) is 5.88 Å². The molecule has 1 aromatic rings. The highest BCUT2D eigenvalue weighted by atomic mass is 35.5. The molecule has 1 rings (SSSR count). The van der Waals surface area contributed by atoms with Gasteiger partial charge >= 0.3 is 0 Å². The molecule has 0 aliphatic heterocycles. The monoisotopic (exact) mass is 253 g/mol. The summed E-state index contributed by atoms with van der Waals surface area (Å²) in [7, 11) is 0. The maximum absolute atomic E-state index is 6.00. The number of anilines is 1. The zero-order valence-corrected chi connectivity index (χ0v) is 11.6. The Hall–Kier alpha value is -1.15. The lowest BCUT2D eigenvalue weighted by molar-refractivity contribution is 0.153. The minimum atomic E-state index is 0.116. The second-order valence-electron chi connectivity index (χ2n) is 4.60. The average molecular weight is 254 g/mol. The Morgan fingerprint density at radius 1 is 1.29 bits per heavy atom. The van der Waals surface area contributed by atoms with Crippen LogP contribution in [0.5, 0.6) is 0 Å². The van der Waals surface area contributed by atoms with Crippen LogP contribution in [0.4, 0.5) is 5.69 Å². The molecule has 0 aliphatic rings. The van der Waals surface area contributed by atoms with Crippen LogP contribution in [0.3, 0.4) is 0 Å². The van der Waals surface area contributed by atoms with Crippen molar-refractivity contribution in [1.82, 2.24) is 0 Å². The summed E-state index contributed by atoms with van der Waals surface area (Å²) in [5.41, 5.74) is 2.15. The summed E-state index contributed by atoms with van der Waals surface area (Å²) in [6, 6.07) is 5.78. The first kappa shape index (κ1) is 13.9. The first-order valence-corrected chi connectivity index (χ1v) is 6.20. The number of benzene rings is 1. The van der Waals surface area contributed by atoms with Crippen LogP contribution in [-0.4, -0.2) is 6.10 Å². The highest BCUT2D eigenvalue weighted by Crippen LogP contribution is 2.28. The molecule has 3 heteroatoms. The third kappa shape index (κ3) is 4.31. The summed E-state index contributed by atoms with van der Waals surface area (Å²) >= 11 is 6.00.